The second-order valence-electron chi connectivity index (χ2n) is 4.06. The van der Waals surface area contributed by atoms with Crippen molar-refractivity contribution in [3.63, 3.8) is 0 Å². The Morgan fingerprint density at radius 2 is 0.880 bits per heavy atom. The number of carbonyl (C=O) groups excluding carboxylic acids is 1. The summed E-state index contributed by atoms with van der Waals surface area (Å²) in [7, 11) is 3.25. The van der Waals surface area contributed by atoms with Gasteiger partial charge in [0.25, 0.3) is 0 Å². The van der Waals surface area contributed by atoms with Gasteiger partial charge in [0.15, 0.2) is 29.1 Å². The highest BCUT2D eigenvalue weighted by atomic mass is 19.2. The monoisotopic (exact) mass is 364 g/mol. The summed E-state index contributed by atoms with van der Waals surface area (Å²) < 4.78 is 67.0. The molecule has 0 fully saturated rings. The average molecular weight is 364 g/mol. The largest absolute Gasteiger partial charge is 0.388 e. The molecule has 0 spiro atoms. The van der Waals surface area contributed by atoms with Gasteiger partial charge in [-0.2, -0.15) is 0 Å². The molecule has 0 aliphatic rings. The zero-order valence-corrected chi connectivity index (χ0v) is 14.7. The summed E-state index contributed by atoms with van der Waals surface area (Å²) in [5.41, 5.74) is -1.42. The molecule has 0 atom stereocenters. The van der Waals surface area contributed by atoms with Gasteiger partial charge in [-0.05, 0) is 6.92 Å². The van der Waals surface area contributed by atoms with Crippen LogP contribution in [-0.2, 0) is 4.74 Å². The number of hydrogen-bond acceptors (Lipinski definition) is 2. The zero-order chi connectivity index (χ0) is 20.0. The Bertz CT molecular complexity index is 575. The van der Waals surface area contributed by atoms with Crippen molar-refractivity contribution in [3.8, 4) is 0 Å². The second kappa shape index (κ2) is 14.1. The number of ether oxygens (including phenoxy) is 1. The molecule has 140 valence electrons. The lowest BCUT2D eigenvalue weighted by Gasteiger charge is -2.04. The first-order valence-corrected chi connectivity index (χ1v) is 7.22. The maximum atomic E-state index is 12.7. The fourth-order valence-corrected chi connectivity index (χ4v) is 1.30. The summed E-state index contributed by atoms with van der Waals surface area (Å²) in [6, 6.07) is 12.0. The van der Waals surface area contributed by atoms with E-state index in [2.05, 4.69) is 4.74 Å². The van der Waals surface area contributed by atoms with Gasteiger partial charge in [-0.1, -0.05) is 50.2 Å². The van der Waals surface area contributed by atoms with Crippen molar-refractivity contribution < 1.29 is 31.5 Å². The van der Waals surface area contributed by atoms with Crippen LogP contribution < -0.4 is 0 Å². The Hall–Kier alpha value is -2.28. The van der Waals surface area contributed by atoms with Crippen LogP contribution in [0.4, 0.5) is 22.0 Å². The molecule has 0 bridgehead atoms. The van der Waals surface area contributed by atoms with E-state index in [4.69, 9.17) is 0 Å². The van der Waals surface area contributed by atoms with Gasteiger partial charge in [-0.25, -0.2) is 22.0 Å². The van der Waals surface area contributed by atoms with Gasteiger partial charge in [0.2, 0.25) is 5.82 Å². The average Bonchev–Trinajstić information content (AvgIpc) is 2.62. The molecule has 0 aromatic heterocycles. The Kier molecular flexibility index (Phi) is 14.1. The lowest BCUT2D eigenvalue weighted by Crippen LogP contribution is -2.10. The minimum Gasteiger partial charge on any atom is -0.388 e. The van der Waals surface area contributed by atoms with E-state index in [-0.39, 0.29) is 0 Å². The van der Waals surface area contributed by atoms with Gasteiger partial charge in [-0.15, -0.1) is 0 Å². The molecule has 0 radical (unpaired) electrons. The fourth-order valence-electron chi connectivity index (χ4n) is 1.30. The molecule has 2 nitrogen and oxygen atoms in total. The van der Waals surface area contributed by atoms with Crippen LogP contribution in [0.25, 0.3) is 0 Å². The highest BCUT2D eigenvalue weighted by Crippen LogP contribution is 2.22. The molecule has 0 amide bonds. The molecular formula is C18H21F5O2. The first-order valence-electron chi connectivity index (χ1n) is 7.22. The highest BCUT2D eigenvalue weighted by molar-refractivity contribution is 5.94. The summed E-state index contributed by atoms with van der Waals surface area (Å²) >= 11 is 0. The summed E-state index contributed by atoms with van der Waals surface area (Å²) in [6.45, 7) is 4.71. The van der Waals surface area contributed by atoms with Crippen LogP contribution in [0.1, 0.15) is 31.1 Å². The first-order chi connectivity index (χ1) is 11.8. The van der Waals surface area contributed by atoms with Crippen molar-refractivity contribution in [2.24, 2.45) is 0 Å². The van der Waals surface area contributed by atoms with Gasteiger partial charge >= 0.3 is 0 Å². The van der Waals surface area contributed by atoms with Crippen LogP contribution in [0.2, 0.25) is 0 Å². The van der Waals surface area contributed by atoms with Crippen molar-refractivity contribution in [2.45, 2.75) is 20.8 Å². The highest BCUT2D eigenvalue weighted by Gasteiger charge is 2.27. The Balaban J connectivity index is 0. The molecular weight excluding hydrogens is 343 g/mol. The number of rotatable bonds is 1. The minimum absolute atomic E-state index is 0.707. The third kappa shape index (κ3) is 8.39. The molecule has 0 unspecified atom stereocenters. The van der Waals surface area contributed by atoms with Crippen LogP contribution in [0, 0.1) is 29.1 Å². The molecule has 2 aromatic carbocycles. The quantitative estimate of drug-likeness (QED) is 0.287. The molecule has 0 heterocycles. The van der Waals surface area contributed by atoms with E-state index in [0.717, 1.165) is 0 Å². The zero-order valence-electron chi connectivity index (χ0n) is 14.7. The number of benzene rings is 2. The van der Waals surface area contributed by atoms with Gasteiger partial charge in [-0.3, -0.25) is 4.79 Å². The molecule has 0 aliphatic heterocycles. The number of methoxy groups -OCH3 is 1. The van der Waals surface area contributed by atoms with E-state index < -0.39 is 40.4 Å². The Morgan fingerprint density at radius 3 is 1.08 bits per heavy atom. The maximum absolute atomic E-state index is 12.7. The smallest absolute Gasteiger partial charge is 0.200 e. The van der Waals surface area contributed by atoms with Crippen LogP contribution in [0.15, 0.2) is 36.4 Å². The number of Topliss-reactive ketones (excluding diaryl/α,β-unsaturated/α-hetero) is 1. The Morgan fingerprint density at radius 1 is 0.680 bits per heavy atom. The predicted octanol–water partition coefficient (Wildman–Crippen LogP) is 5.56. The van der Waals surface area contributed by atoms with Crippen LogP contribution in [0.3, 0.4) is 0 Å². The van der Waals surface area contributed by atoms with Crippen molar-refractivity contribution >= 4 is 5.78 Å². The molecule has 2 aromatic rings. The number of hydrogen-bond donors (Lipinski definition) is 0. The molecule has 0 aliphatic carbocycles. The van der Waals surface area contributed by atoms with Gasteiger partial charge < -0.3 is 4.74 Å². The van der Waals surface area contributed by atoms with E-state index in [1.54, 1.807) is 14.2 Å². The van der Waals surface area contributed by atoms with E-state index in [0.29, 0.717) is 6.92 Å². The summed E-state index contributed by atoms with van der Waals surface area (Å²) in [4.78, 5) is 10.6. The lowest BCUT2D eigenvalue weighted by atomic mass is 10.1. The minimum atomic E-state index is -2.27. The molecule has 0 saturated heterocycles. The number of halogens is 5. The van der Waals surface area contributed by atoms with Crippen molar-refractivity contribution in [2.75, 3.05) is 14.2 Å². The van der Waals surface area contributed by atoms with Crippen LogP contribution in [0.5, 0.6) is 0 Å². The van der Waals surface area contributed by atoms with E-state index in [1.807, 2.05) is 50.2 Å². The molecule has 0 saturated carbocycles. The Labute approximate surface area is 144 Å². The summed E-state index contributed by atoms with van der Waals surface area (Å²) in [6.07, 6.45) is 0. The standard InChI is InChI=1S/C8H3F5O.C6H6.C2H6O.C2H6/c1-2(14)3-4(9)6(11)8(13)7(12)5(3)10;1-2-4-6-5-3-1;1-3-2;1-2/h1H3;1-6H;1-2H3;1-2H3. The molecule has 2 rings (SSSR count). The van der Waals surface area contributed by atoms with Crippen molar-refractivity contribution in [3.05, 3.63) is 71.0 Å². The van der Waals surface area contributed by atoms with E-state index >= 15 is 0 Å². The first kappa shape index (κ1) is 25.0. The van der Waals surface area contributed by atoms with E-state index in [9.17, 15) is 26.7 Å². The SMILES string of the molecule is CC.CC(=O)c1c(F)c(F)c(F)c(F)c1F.COC.c1ccccc1. The molecule has 0 N–H and O–H groups in total. The number of carbonyl (C=O) groups is 1. The van der Waals surface area contributed by atoms with Gasteiger partial charge in [0.05, 0.1) is 5.56 Å². The van der Waals surface area contributed by atoms with Gasteiger partial charge in [0.1, 0.15) is 0 Å². The van der Waals surface area contributed by atoms with Gasteiger partial charge in [0, 0.05) is 14.2 Å². The molecule has 7 heteroatoms. The maximum Gasteiger partial charge on any atom is 0.200 e. The van der Waals surface area contributed by atoms with Crippen molar-refractivity contribution in [1.29, 1.82) is 0 Å². The lowest BCUT2D eigenvalue weighted by molar-refractivity contribution is 0.100. The number of ketones is 1. The van der Waals surface area contributed by atoms with Crippen molar-refractivity contribution in [1.82, 2.24) is 0 Å². The normalized spacial score (nSPS) is 8.72. The second-order valence-corrected chi connectivity index (χ2v) is 4.06. The predicted molar refractivity (Wildman–Crippen MR) is 87.0 cm³/mol. The third-order valence-corrected chi connectivity index (χ3v) is 2.23. The fraction of sp³-hybridized carbons (Fsp3) is 0.278. The molecule has 25 heavy (non-hydrogen) atoms. The van der Waals surface area contributed by atoms with Crippen LogP contribution >= 0.6 is 0 Å². The third-order valence-electron chi connectivity index (χ3n) is 2.23. The van der Waals surface area contributed by atoms with Crippen LogP contribution in [-0.4, -0.2) is 20.0 Å². The summed E-state index contributed by atoms with van der Waals surface area (Å²) in [5, 5.41) is 0. The summed E-state index contributed by atoms with van der Waals surface area (Å²) in [5.74, 6) is -11.9. The van der Waals surface area contributed by atoms with E-state index in [1.165, 1.54) is 0 Å². The topological polar surface area (TPSA) is 26.3 Å².